The van der Waals surface area contributed by atoms with Crippen LogP contribution in [0.2, 0.25) is 0 Å². The van der Waals surface area contributed by atoms with E-state index >= 15 is 0 Å². The van der Waals surface area contributed by atoms with E-state index in [2.05, 4.69) is 23.5 Å². The third kappa shape index (κ3) is 4.75. The lowest BCUT2D eigenvalue weighted by Gasteiger charge is -2.11. The van der Waals surface area contributed by atoms with Gasteiger partial charge in [0.05, 0.1) is 20.6 Å². The summed E-state index contributed by atoms with van der Waals surface area (Å²) in [5, 5.41) is 2.98. The van der Waals surface area contributed by atoms with Gasteiger partial charge < -0.3 is 14.8 Å². The summed E-state index contributed by atoms with van der Waals surface area (Å²) in [7, 11) is 3.23. The summed E-state index contributed by atoms with van der Waals surface area (Å²) < 4.78 is 10.5. The van der Waals surface area contributed by atoms with Crippen LogP contribution in [0.4, 0.5) is 0 Å². The zero-order valence-corrected chi connectivity index (χ0v) is 14.8. The Kier molecular flexibility index (Phi) is 6.24. The highest BCUT2D eigenvalue weighted by atomic mass is 16.5. The Bertz CT molecular complexity index is 710. The summed E-state index contributed by atoms with van der Waals surface area (Å²) in [6.07, 6.45) is 1.17. The number of benzene rings is 2. The second-order valence-corrected chi connectivity index (χ2v) is 5.90. The van der Waals surface area contributed by atoms with Crippen molar-refractivity contribution in [2.75, 3.05) is 20.8 Å². The number of hydrogen-bond acceptors (Lipinski definition) is 3. The third-order valence-corrected chi connectivity index (χ3v) is 4.04. The first kappa shape index (κ1) is 17.9. The minimum atomic E-state index is 0.0455. The van der Waals surface area contributed by atoms with Gasteiger partial charge in [0.2, 0.25) is 5.91 Å². The Morgan fingerprint density at radius 1 is 1.00 bits per heavy atom. The number of rotatable bonds is 7. The van der Waals surface area contributed by atoms with Gasteiger partial charge in [0.1, 0.15) is 0 Å². The lowest BCUT2D eigenvalue weighted by molar-refractivity contribution is -0.120. The molecular formula is C20H25NO3. The van der Waals surface area contributed by atoms with Crippen LogP contribution in [-0.4, -0.2) is 26.7 Å². The summed E-state index contributed by atoms with van der Waals surface area (Å²) in [6, 6.07) is 12.0. The molecule has 0 aliphatic rings. The first-order chi connectivity index (χ1) is 11.5. The minimum absolute atomic E-state index is 0.0455. The van der Waals surface area contributed by atoms with E-state index in [9.17, 15) is 4.79 Å². The Hall–Kier alpha value is -2.49. The summed E-state index contributed by atoms with van der Waals surface area (Å²) >= 11 is 0. The van der Waals surface area contributed by atoms with E-state index in [1.54, 1.807) is 14.2 Å². The quantitative estimate of drug-likeness (QED) is 0.849. The van der Waals surface area contributed by atoms with Gasteiger partial charge in [0.15, 0.2) is 11.5 Å². The first-order valence-electron chi connectivity index (χ1n) is 8.07. The Labute approximate surface area is 143 Å². The van der Waals surface area contributed by atoms with Crippen LogP contribution in [0.5, 0.6) is 11.5 Å². The molecule has 0 saturated heterocycles. The van der Waals surface area contributed by atoms with Crippen LogP contribution >= 0.6 is 0 Å². The van der Waals surface area contributed by atoms with Crippen molar-refractivity contribution in [3.8, 4) is 11.5 Å². The maximum Gasteiger partial charge on any atom is 0.224 e. The van der Waals surface area contributed by atoms with E-state index in [0.717, 1.165) is 23.1 Å². The number of ether oxygens (including phenoxy) is 2. The third-order valence-electron chi connectivity index (χ3n) is 4.04. The average molecular weight is 327 g/mol. The van der Waals surface area contributed by atoms with Crippen molar-refractivity contribution in [1.29, 1.82) is 0 Å². The van der Waals surface area contributed by atoms with Crippen molar-refractivity contribution in [2.24, 2.45) is 0 Å². The molecule has 0 aliphatic heterocycles. The molecule has 1 amide bonds. The van der Waals surface area contributed by atoms with Crippen molar-refractivity contribution in [3.63, 3.8) is 0 Å². The predicted molar refractivity (Wildman–Crippen MR) is 95.9 cm³/mol. The zero-order valence-electron chi connectivity index (χ0n) is 14.8. The maximum atomic E-state index is 12.1. The summed E-state index contributed by atoms with van der Waals surface area (Å²) in [6.45, 7) is 4.67. The van der Waals surface area contributed by atoms with E-state index < -0.39 is 0 Å². The number of hydrogen-bond donors (Lipinski definition) is 1. The number of methoxy groups -OCH3 is 2. The van der Waals surface area contributed by atoms with Crippen molar-refractivity contribution in [3.05, 3.63) is 58.7 Å². The van der Waals surface area contributed by atoms with Crippen LogP contribution < -0.4 is 14.8 Å². The summed E-state index contributed by atoms with van der Waals surface area (Å²) in [4.78, 5) is 12.1. The molecule has 1 N–H and O–H groups in total. The number of amides is 1. The van der Waals surface area contributed by atoms with E-state index in [0.29, 0.717) is 24.5 Å². The SMILES string of the molecule is COc1ccc(CCNC(=O)Cc2cc(C)ccc2C)cc1OC. The Morgan fingerprint density at radius 2 is 1.75 bits per heavy atom. The molecule has 0 aromatic heterocycles. The molecular weight excluding hydrogens is 302 g/mol. The molecule has 0 spiro atoms. The average Bonchev–Trinajstić information content (AvgIpc) is 2.58. The molecule has 0 radical (unpaired) electrons. The van der Waals surface area contributed by atoms with Crippen LogP contribution in [0.15, 0.2) is 36.4 Å². The van der Waals surface area contributed by atoms with Gasteiger partial charge in [-0.15, -0.1) is 0 Å². The van der Waals surface area contributed by atoms with Gasteiger partial charge in [-0.3, -0.25) is 4.79 Å². The lowest BCUT2D eigenvalue weighted by Crippen LogP contribution is -2.27. The number of carbonyl (C=O) groups is 1. The van der Waals surface area contributed by atoms with E-state index in [1.807, 2.05) is 32.0 Å². The molecule has 4 nitrogen and oxygen atoms in total. The topological polar surface area (TPSA) is 47.6 Å². The molecule has 0 atom stereocenters. The van der Waals surface area contributed by atoms with E-state index in [4.69, 9.17) is 9.47 Å². The Morgan fingerprint density at radius 3 is 2.46 bits per heavy atom. The minimum Gasteiger partial charge on any atom is -0.493 e. The Balaban J connectivity index is 1.87. The lowest BCUT2D eigenvalue weighted by atomic mass is 10.0. The molecule has 0 fully saturated rings. The van der Waals surface area contributed by atoms with E-state index in [1.165, 1.54) is 5.56 Å². The highest BCUT2D eigenvalue weighted by molar-refractivity contribution is 5.79. The van der Waals surface area contributed by atoms with Gasteiger partial charge in [0, 0.05) is 6.54 Å². The molecule has 128 valence electrons. The summed E-state index contributed by atoms with van der Waals surface area (Å²) in [5.41, 5.74) is 4.50. The molecule has 4 heteroatoms. The molecule has 0 bridgehead atoms. The van der Waals surface area contributed by atoms with Crippen LogP contribution in [-0.2, 0) is 17.6 Å². The highest BCUT2D eigenvalue weighted by Gasteiger charge is 2.07. The molecule has 24 heavy (non-hydrogen) atoms. The molecule has 0 aliphatic carbocycles. The molecule has 2 rings (SSSR count). The molecule has 2 aromatic rings. The maximum absolute atomic E-state index is 12.1. The van der Waals surface area contributed by atoms with E-state index in [-0.39, 0.29) is 5.91 Å². The monoisotopic (exact) mass is 327 g/mol. The van der Waals surface area contributed by atoms with Crippen molar-refractivity contribution in [1.82, 2.24) is 5.32 Å². The van der Waals surface area contributed by atoms with Crippen molar-refractivity contribution >= 4 is 5.91 Å². The molecule has 2 aromatic carbocycles. The fourth-order valence-corrected chi connectivity index (χ4v) is 2.61. The second kappa shape index (κ2) is 8.39. The zero-order chi connectivity index (χ0) is 17.5. The second-order valence-electron chi connectivity index (χ2n) is 5.90. The van der Waals surface area contributed by atoms with Crippen molar-refractivity contribution in [2.45, 2.75) is 26.7 Å². The molecule has 0 unspecified atom stereocenters. The van der Waals surface area contributed by atoms with Crippen molar-refractivity contribution < 1.29 is 14.3 Å². The molecule has 0 heterocycles. The predicted octanol–water partition coefficient (Wildman–Crippen LogP) is 3.22. The standard InChI is InChI=1S/C20H25NO3/c1-14-5-6-15(2)17(11-14)13-20(22)21-10-9-16-7-8-18(23-3)19(12-16)24-4/h5-8,11-12H,9-10,13H2,1-4H3,(H,21,22). The van der Waals surface area contributed by atoms with Crippen LogP contribution in [0.3, 0.4) is 0 Å². The highest BCUT2D eigenvalue weighted by Crippen LogP contribution is 2.27. The normalized spacial score (nSPS) is 10.3. The van der Waals surface area contributed by atoms with Crippen LogP contribution in [0.25, 0.3) is 0 Å². The van der Waals surface area contributed by atoms with Gasteiger partial charge in [-0.2, -0.15) is 0 Å². The van der Waals surface area contributed by atoms with Gasteiger partial charge >= 0.3 is 0 Å². The van der Waals surface area contributed by atoms with Gasteiger partial charge in [-0.05, 0) is 49.1 Å². The summed E-state index contributed by atoms with van der Waals surface area (Å²) in [5.74, 6) is 1.46. The van der Waals surface area contributed by atoms with Gasteiger partial charge in [-0.25, -0.2) is 0 Å². The number of aryl methyl sites for hydroxylation is 2. The first-order valence-corrected chi connectivity index (χ1v) is 8.07. The largest absolute Gasteiger partial charge is 0.493 e. The van der Waals surface area contributed by atoms with Crippen LogP contribution in [0, 0.1) is 13.8 Å². The fourth-order valence-electron chi connectivity index (χ4n) is 2.61. The number of nitrogens with one attached hydrogen (secondary N) is 1. The smallest absolute Gasteiger partial charge is 0.224 e. The van der Waals surface area contributed by atoms with Crippen LogP contribution in [0.1, 0.15) is 22.3 Å². The fraction of sp³-hybridized carbons (Fsp3) is 0.350. The number of carbonyl (C=O) groups excluding carboxylic acids is 1. The van der Waals surface area contributed by atoms with Gasteiger partial charge in [0.25, 0.3) is 0 Å². The van der Waals surface area contributed by atoms with Gasteiger partial charge in [-0.1, -0.05) is 29.8 Å². The molecule has 0 saturated carbocycles.